The number of hydrogen-bond acceptors (Lipinski definition) is 2. The monoisotopic (exact) mass is 322 g/mol. The third-order valence-electron chi connectivity index (χ3n) is 4.20. The SMILES string of the molecule is O=C(N[C@H]1CCN(c2ccc(Br)cc2)C1)C1CCC1. The molecule has 1 aliphatic carbocycles. The largest absolute Gasteiger partial charge is 0.369 e. The molecule has 0 aromatic heterocycles. The lowest BCUT2D eigenvalue weighted by atomic mass is 9.84. The van der Waals surface area contributed by atoms with E-state index < -0.39 is 0 Å². The molecule has 0 bridgehead atoms. The zero-order chi connectivity index (χ0) is 13.2. The third kappa shape index (κ3) is 2.94. The molecule has 3 nitrogen and oxygen atoms in total. The van der Waals surface area contributed by atoms with Crippen LogP contribution in [0.5, 0.6) is 0 Å². The maximum Gasteiger partial charge on any atom is 0.223 e. The lowest BCUT2D eigenvalue weighted by molar-refractivity contribution is -0.127. The summed E-state index contributed by atoms with van der Waals surface area (Å²) in [7, 11) is 0. The average Bonchev–Trinajstić information content (AvgIpc) is 2.76. The van der Waals surface area contributed by atoms with Crippen molar-refractivity contribution in [3.8, 4) is 0 Å². The topological polar surface area (TPSA) is 32.3 Å². The number of nitrogens with one attached hydrogen (secondary N) is 1. The van der Waals surface area contributed by atoms with Crippen molar-refractivity contribution in [2.24, 2.45) is 5.92 Å². The molecule has 1 saturated heterocycles. The quantitative estimate of drug-likeness (QED) is 0.928. The molecule has 0 radical (unpaired) electrons. The van der Waals surface area contributed by atoms with Crippen molar-refractivity contribution in [3.05, 3.63) is 28.7 Å². The van der Waals surface area contributed by atoms with Crippen molar-refractivity contribution in [2.45, 2.75) is 31.7 Å². The first-order valence-corrected chi connectivity index (χ1v) is 7.82. The summed E-state index contributed by atoms with van der Waals surface area (Å²) >= 11 is 3.45. The number of anilines is 1. The molecular weight excluding hydrogens is 304 g/mol. The van der Waals surface area contributed by atoms with Crippen LogP contribution in [0.2, 0.25) is 0 Å². The molecule has 3 rings (SSSR count). The lowest BCUT2D eigenvalue weighted by Crippen LogP contribution is -2.42. The van der Waals surface area contributed by atoms with Crippen LogP contribution in [0.25, 0.3) is 0 Å². The fourth-order valence-corrected chi connectivity index (χ4v) is 3.02. The first-order chi connectivity index (χ1) is 9.22. The summed E-state index contributed by atoms with van der Waals surface area (Å²) in [6.07, 6.45) is 4.42. The average molecular weight is 323 g/mol. The predicted molar refractivity (Wildman–Crippen MR) is 80.2 cm³/mol. The summed E-state index contributed by atoms with van der Waals surface area (Å²) in [4.78, 5) is 14.3. The van der Waals surface area contributed by atoms with Crippen molar-refractivity contribution < 1.29 is 4.79 Å². The third-order valence-corrected chi connectivity index (χ3v) is 4.73. The van der Waals surface area contributed by atoms with Crippen molar-refractivity contribution in [1.29, 1.82) is 0 Å². The van der Waals surface area contributed by atoms with Gasteiger partial charge in [-0.1, -0.05) is 22.4 Å². The second-order valence-electron chi connectivity index (χ2n) is 5.54. The Labute approximate surface area is 122 Å². The Balaban J connectivity index is 1.54. The Morgan fingerprint density at radius 2 is 1.95 bits per heavy atom. The Bertz CT molecular complexity index is 456. The zero-order valence-electron chi connectivity index (χ0n) is 10.9. The summed E-state index contributed by atoms with van der Waals surface area (Å²) in [5.41, 5.74) is 1.24. The number of carbonyl (C=O) groups is 1. The molecule has 1 aromatic rings. The number of amides is 1. The molecule has 1 aromatic carbocycles. The smallest absolute Gasteiger partial charge is 0.223 e. The molecule has 102 valence electrons. The van der Waals surface area contributed by atoms with Crippen LogP contribution in [0.15, 0.2) is 28.7 Å². The fraction of sp³-hybridized carbons (Fsp3) is 0.533. The number of hydrogen-bond donors (Lipinski definition) is 1. The first kappa shape index (κ1) is 13.0. The van der Waals surface area contributed by atoms with E-state index in [-0.39, 0.29) is 5.91 Å². The Morgan fingerprint density at radius 1 is 1.21 bits per heavy atom. The highest BCUT2D eigenvalue weighted by molar-refractivity contribution is 9.10. The van der Waals surface area contributed by atoms with Gasteiger partial charge in [-0.3, -0.25) is 4.79 Å². The van der Waals surface area contributed by atoms with Gasteiger partial charge in [-0.05, 0) is 43.5 Å². The van der Waals surface area contributed by atoms with E-state index in [0.29, 0.717) is 12.0 Å². The molecular formula is C15H19BrN2O. The minimum Gasteiger partial charge on any atom is -0.369 e. The molecule has 1 heterocycles. The van der Waals surface area contributed by atoms with Crippen LogP contribution >= 0.6 is 15.9 Å². The standard InChI is InChI=1S/C15H19BrN2O/c16-12-4-6-14(7-5-12)18-9-8-13(10-18)17-15(19)11-2-1-3-11/h4-7,11,13H,1-3,8-10H2,(H,17,19)/t13-/m0/s1. The van der Waals surface area contributed by atoms with Crippen LogP contribution in [-0.2, 0) is 4.79 Å². The second-order valence-corrected chi connectivity index (χ2v) is 6.46. The number of carbonyl (C=O) groups excluding carboxylic acids is 1. The molecule has 19 heavy (non-hydrogen) atoms. The highest BCUT2D eigenvalue weighted by Gasteiger charge is 2.29. The van der Waals surface area contributed by atoms with E-state index in [2.05, 4.69) is 50.4 Å². The summed E-state index contributed by atoms with van der Waals surface area (Å²) < 4.78 is 1.10. The molecule has 1 aliphatic heterocycles. The van der Waals surface area contributed by atoms with Gasteiger partial charge in [0, 0.05) is 35.2 Å². The van der Waals surface area contributed by atoms with Gasteiger partial charge in [0.05, 0.1) is 0 Å². The molecule has 4 heteroatoms. The zero-order valence-corrected chi connectivity index (χ0v) is 12.5. The number of nitrogens with zero attached hydrogens (tertiary/aromatic N) is 1. The van der Waals surface area contributed by atoms with Gasteiger partial charge in [-0.25, -0.2) is 0 Å². The van der Waals surface area contributed by atoms with Crippen LogP contribution in [0.1, 0.15) is 25.7 Å². The van der Waals surface area contributed by atoms with E-state index in [1.165, 1.54) is 12.1 Å². The normalized spacial score (nSPS) is 23.2. The summed E-state index contributed by atoms with van der Waals surface area (Å²) in [5, 5.41) is 3.20. The van der Waals surface area contributed by atoms with Gasteiger partial charge in [0.1, 0.15) is 0 Å². The lowest BCUT2D eigenvalue weighted by Gasteiger charge is -2.26. The fourth-order valence-electron chi connectivity index (χ4n) is 2.75. The van der Waals surface area contributed by atoms with Gasteiger partial charge >= 0.3 is 0 Å². The van der Waals surface area contributed by atoms with Gasteiger partial charge in [0.2, 0.25) is 5.91 Å². The van der Waals surface area contributed by atoms with E-state index in [4.69, 9.17) is 0 Å². The van der Waals surface area contributed by atoms with Crippen LogP contribution in [0, 0.1) is 5.92 Å². The molecule has 0 spiro atoms. The highest BCUT2D eigenvalue weighted by atomic mass is 79.9. The minimum absolute atomic E-state index is 0.272. The molecule has 2 fully saturated rings. The van der Waals surface area contributed by atoms with Gasteiger partial charge in [-0.15, -0.1) is 0 Å². The van der Waals surface area contributed by atoms with Gasteiger partial charge in [0.25, 0.3) is 0 Å². The first-order valence-electron chi connectivity index (χ1n) is 7.03. The van der Waals surface area contributed by atoms with E-state index in [0.717, 1.165) is 36.8 Å². The summed E-state index contributed by atoms with van der Waals surface area (Å²) in [5.74, 6) is 0.565. The number of halogens is 1. The van der Waals surface area contributed by atoms with Gasteiger partial charge in [-0.2, -0.15) is 0 Å². The molecule has 1 amide bonds. The van der Waals surface area contributed by atoms with E-state index >= 15 is 0 Å². The Hall–Kier alpha value is -1.03. The van der Waals surface area contributed by atoms with Gasteiger partial charge < -0.3 is 10.2 Å². The van der Waals surface area contributed by atoms with Crippen LogP contribution in [0.4, 0.5) is 5.69 Å². The summed E-state index contributed by atoms with van der Waals surface area (Å²) in [6.45, 7) is 1.96. The van der Waals surface area contributed by atoms with Crippen molar-refractivity contribution in [2.75, 3.05) is 18.0 Å². The van der Waals surface area contributed by atoms with E-state index in [9.17, 15) is 4.79 Å². The molecule has 2 aliphatic rings. The molecule has 1 atom stereocenters. The van der Waals surface area contributed by atoms with Crippen LogP contribution < -0.4 is 10.2 Å². The number of benzene rings is 1. The molecule has 1 saturated carbocycles. The Morgan fingerprint density at radius 3 is 2.58 bits per heavy atom. The second kappa shape index (κ2) is 5.53. The summed E-state index contributed by atoms with van der Waals surface area (Å²) in [6, 6.07) is 8.70. The van der Waals surface area contributed by atoms with Gasteiger partial charge in [0.15, 0.2) is 0 Å². The van der Waals surface area contributed by atoms with Crippen molar-refractivity contribution >= 4 is 27.5 Å². The number of rotatable bonds is 3. The van der Waals surface area contributed by atoms with E-state index in [1.54, 1.807) is 0 Å². The minimum atomic E-state index is 0.272. The van der Waals surface area contributed by atoms with Crippen molar-refractivity contribution in [3.63, 3.8) is 0 Å². The Kier molecular flexibility index (Phi) is 3.78. The molecule has 0 unspecified atom stereocenters. The van der Waals surface area contributed by atoms with Crippen LogP contribution in [-0.4, -0.2) is 25.0 Å². The maximum absolute atomic E-state index is 11.9. The van der Waals surface area contributed by atoms with Crippen molar-refractivity contribution in [1.82, 2.24) is 5.32 Å². The maximum atomic E-state index is 11.9. The molecule has 1 N–H and O–H groups in total. The predicted octanol–water partition coefficient (Wildman–Crippen LogP) is 2.94. The van der Waals surface area contributed by atoms with E-state index in [1.807, 2.05) is 0 Å². The van der Waals surface area contributed by atoms with Crippen LogP contribution in [0.3, 0.4) is 0 Å². The highest BCUT2D eigenvalue weighted by Crippen LogP contribution is 2.27.